The largest absolute Gasteiger partial charge is 0.439 e. The number of nitrogens with zero attached hydrogens (tertiary/aromatic N) is 1. The molecule has 0 bridgehead atoms. The van der Waals surface area contributed by atoms with Gasteiger partial charge >= 0.3 is 0 Å². The number of hydrogen-bond donors (Lipinski definition) is 1. The SMILES string of the molecule is Cc1ccc([C@@H](NCc2ncc(-c3ccc(F)cc3)o2)c2ccccc2)cc1. The number of aromatic nitrogens is 1. The molecule has 140 valence electrons. The summed E-state index contributed by atoms with van der Waals surface area (Å²) >= 11 is 0. The van der Waals surface area contributed by atoms with E-state index in [0.29, 0.717) is 18.2 Å². The minimum absolute atomic E-state index is 0.0305. The summed E-state index contributed by atoms with van der Waals surface area (Å²) in [7, 11) is 0. The third-order valence-corrected chi connectivity index (χ3v) is 4.68. The highest BCUT2D eigenvalue weighted by molar-refractivity contribution is 5.55. The Balaban J connectivity index is 1.53. The molecule has 0 radical (unpaired) electrons. The Hall–Kier alpha value is -3.24. The molecule has 1 heterocycles. The molecule has 28 heavy (non-hydrogen) atoms. The maximum Gasteiger partial charge on any atom is 0.208 e. The molecular formula is C24H21FN2O. The van der Waals surface area contributed by atoms with E-state index in [9.17, 15) is 4.39 Å². The van der Waals surface area contributed by atoms with Crippen LogP contribution in [0.5, 0.6) is 0 Å². The van der Waals surface area contributed by atoms with E-state index in [-0.39, 0.29) is 11.9 Å². The Morgan fingerprint density at radius 1 is 0.893 bits per heavy atom. The first kappa shape index (κ1) is 18.1. The number of aryl methyl sites for hydroxylation is 1. The quantitative estimate of drug-likeness (QED) is 0.474. The van der Waals surface area contributed by atoms with Crippen molar-refractivity contribution < 1.29 is 8.81 Å². The van der Waals surface area contributed by atoms with Gasteiger partial charge in [-0.3, -0.25) is 5.32 Å². The van der Waals surface area contributed by atoms with Crippen molar-refractivity contribution in [2.24, 2.45) is 0 Å². The number of nitrogens with one attached hydrogen (secondary N) is 1. The van der Waals surface area contributed by atoms with E-state index in [4.69, 9.17) is 4.42 Å². The van der Waals surface area contributed by atoms with Crippen LogP contribution in [0.4, 0.5) is 4.39 Å². The van der Waals surface area contributed by atoms with Crippen LogP contribution < -0.4 is 5.32 Å². The molecular weight excluding hydrogens is 351 g/mol. The average molecular weight is 372 g/mol. The predicted octanol–water partition coefficient (Wildman–Crippen LogP) is 5.67. The lowest BCUT2D eigenvalue weighted by atomic mass is 9.98. The third kappa shape index (κ3) is 4.18. The normalized spacial score (nSPS) is 12.1. The predicted molar refractivity (Wildman–Crippen MR) is 108 cm³/mol. The van der Waals surface area contributed by atoms with Crippen LogP contribution in [-0.4, -0.2) is 4.98 Å². The minimum Gasteiger partial charge on any atom is -0.439 e. The zero-order valence-electron chi connectivity index (χ0n) is 15.6. The average Bonchev–Trinajstić information content (AvgIpc) is 3.20. The molecule has 1 N–H and O–H groups in total. The molecule has 0 fully saturated rings. The Kier molecular flexibility index (Phi) is 5.31. The topological polar surface area (TPSA) is 38.1 Å². The van der Waals surface area contributed by atoms with Gasteiger partial charge in [-0.05, 0) is 42.3 Å². The van der Waals surface area contributed by atoms with Gasteiger partial charge in [0.05, 0.1) is 18.8 Å². The molecule has 1 atom stereocenters. The Morgan fingerprint density at radius 3 is 2.29 bits per heavy atom. The molecule has 1 aromatic heterocycles. The molecule has 3 aromatic carbocycles. The van der Waals surface area contributed by atoms with Crippen molar-refractivity contribution in [2.45, 2.75) is 19.5 Å². The van der Waals surface area contributed by atoms with Gasteiger partial charge in [-0.1, -0.05) is 60.2 Å². The van der Waals surface area contributed by atoms with Crippen molar-refractivity contribution in [1.82, 2.24) is 10.3 Å². The van der Waals surface area contributed by atoms with Crippen LogP contribution in [-0.2, 0) is 6.54 Å². The van der Waals surface area contributed by atoms with Gasteiger partial charge in [0.2, 0.25) is 5.89 Å². The van der Waals surface area contributed by atoms with E-state index < -0.39 is 0 Å². The molecule has 0 saturated heterocycles. The second-order valence-corrected chi connectivity index (χ2v) is 6.76. The van der Waals surface area contributed by atoms with Gasteiger partial charge in [-0.15, -0.1) is 0 Å². The van der Waals surface area contributed by atoms with Gasteiger partial charge in [0, 0.05) is 5.56 Å². The van der Waals surface area contributed by atoms with E-state index >= 15 is 0 Å². The fourth-order valence-electron chi connectivity index (χ4n) is 3.16. The van der Waals surface area contributed by atoms with E-state index in [1.165, 1.54) is 28.8 Å². The fourth-order valence-corrected chi connectivity index (χ4v) is 3.16. The summed E-state index contributed by atoms with van der Waals surface area (Å²) in [4.78, 5) is 4.37. The molecule has 0 aliphatic carbocycles. The number of rotatable bonds is 6. The zero-order chi connectivity index (χ0) is 19.3. The number of benzene rings is 3. The van der Waals surface area contributed by atoms with Crippen molar-refractivity contribution in [2.75, 3.05) is 0 Å². The van der Waals surface area contributed by atoms with Crippen LogP contribution in [0, 0.1) is 12.7 Å². The molecule has 0 amide bonds. The Morgan fingerprint density at radius 2 is 1.57 bits per heavy atom. The lowest BCUT2D eigenvalue weighted by molar-refractivity contribution is 0.462. The lowest BCUT2D eigenvalue weighted by Gasteiger charge is -2.19. The van der Waals surface area contributed by atoms with Gasteiger partial charge in [0.1, 0.15) is 5.82 Å². The first-order valence-electron chi connectivity index (χ1n) is 9.24. The Bertz CT molecular complexity index is 1020. The fraction of sp³-hybridized carbons (Fsp3) is 0.125. The molecule has 4 heteroatoms. The van der Waals surface area contributed by atoms with Gasteiger partial charge in [-0.2, -0.15) is 0 Å². The Labute approximate surface area is 163 Å². The first-order valence-corrected chi connectivity index (χ1v) is 9.24. The molecule has 4 rings (SSSR count). The highest BCUT2D eigenvalue weighted by Gasteiger charge is 2.15. The van der Waals surface area contributed by atoms with Crippen LogP contribution >= 0.6 is 0 Å². The summed E-state index contributed by atoms with van der Waals surface area (Å²) in [5, 5.41) is 3.55. The van der Waals surface area contributed by atoms with Crippen LogP contribution in [0.15, 0.2) is 89.5 Å². The van der Waals surface area contributed by atoms with Crippen molar-refractivity contribution in [3.8, 4) is 11.3 Å². The standard InChI is InChI=1S/C24H21FN2O/c1-17-7-9-20(10-8-17)24(19-5-3-2-4-6-19)27-16-23-26-15-22(28-23)18-11-13-21(25)14-12-18/h2-15,24,27H,16H2,1H3/t24-/m0/s1. The van der Waals surface area contributed by atoms with Crippen molar-refractivity contribution >= 4 is 0 Å². The maximum atomic E-state index is 13.1. The van der Waals surface area contributed by atoms with E-state index in [1.54, 1.807) is 18.3 Å². The zero-order valence-corrected chi connectivity index (χ0v) is 15.6. The van der Waals surface area contributed by atoms with E-state index in [2.05, 4.69) is 53.6 Å². The first-order chi connectivity index (χ1) is 13.7. The van der Waals surface area contributed by atoms with Crippen molar-refractivity contribution in [3.63, 3.8) is 0 Å². The lowest BCUT2D eigenvalue weighted by Crippen LogP contribution is -2.22. The maximum absolute atomic E-state index is 13.1. The molecule has 3 nitrogen and oxygen atoms in total. The van der Waals surface area contributed by atoms with Gasteiger partial charge in [0.25, 0.3) is 0 Å². The molecule has 4 aromatic rings. The van der Waals surface area contributed by atoms with Crippen molar-refractivity contribution in [1.29, 1.82) is 0 Å². The molecule has 0 saturated carbocycles. The highest BCUT2D eigenvalue weighted by Crippen LogP contribution is 2.24. The van der Waals surface area contributed by atoms with Crippen LogP contribution in [0.1, 0.15) is 28.6 Å². The summed E-state index contributed by atoms with van der Waals surface area (Å²) in [6.07, 6.45) is 1.67. The summed E-state index contributed by atoms with van der Waals surface area (Å²) in [5.41, 5.74) is 4.39. The third-order valence-electron chi connectivity index (χ3n) is 4.68. The van der Waals surface area contributed by atoms with Crippen molar-refractivity contribution in [3.05, 3.63) is 113 Å². The summed E-state index contributed by atoms with van der Waals surface area (Å²) < 4.78 is 19.0. The van der Waals surface area contributed by atoms with Gasteiger partial charge < -0.3 is 4.42 Å². The van der Waals surface area contributed by atoms with E-state index in [0.717, 1.165) is 5.56 Å². The van der Waals surface area contributed by atoms with Gasteiger partial charge in [-0.25, -0.2) is 9.37 Å². The number of halogens is 1. The van der Waals surface area contributed by atoms with Gasteiger partial charge in [0.15, 0.2) is 5.76 Å². The van der Waals surface area contributed by atoms with Crippen LogP contribution in [0.3, 0.4) is 0 Å². The smallest absolute Gasteiger partial charge is 0.208 e. The number of hydrogen-bond acceptors (Lipinski definition) is 3. The second-order valence-electron chi connectivity index (χ2n) is 6.76. The number of oxazole rings is 1. The highest BCUT2D eigenvalue weighted by atomic mass is 19.1. The summed E-state index contributed by atoms with van der Waals surface area (Å²) in [6, 6.07) is 25.0. The molecule has 0 aliphatic rings. The molecule has 0 aliphatic heterocycles. The molecule has 0 unspecified atom stereocenters. The second kappa shape index (κ2) is 8.19. The van der Waals surface area contributed by atoms with Crippen LogP contribution in [0.2, 0.25) is 0 Å². The monoisotopic (exact) mass is 372 g/mol. The molecule has 0 spiro atoms. The van der Waals surface area contributed by atoms with E-state index in [1.807, 2.05) is 18.2 Å². The summed E-state index contributed by atoms with van der Waals surface area (Å²) in [6.45, 7) is 2.56. The van der Waals surface area contributed by atoms with Crippen LogP contribution in [0.25, 0.3) is 11.3 Å². The minimum atomic E-state index is -0.269. The summed E-state index contributed by atoms with van der Waals surface area (Å²) in [5.74, 6) is 0.949.